The summed E-state index contributed by atoms with van der Waals surface area (Å²) in [6, 6.07) is 1.44. The third-order valence-corrected chi connectivity index (χ3v) is 6.86. The van der Waals surface area contributed by atoms with Gasteiger partial charge in [-0.15, -0.1) is 0 Å². The van der Waals surface area contributed by atoms with E-state index in [0.29, 0.717) is 12.0 Å². The van der Waals surface area contributed by atoms with Crippen molar-refractivity contribution < 1.29 is 28.9 Å². The molecule has 4 aliphatic rings. The maximum atomic E-state index is 12.7. The molecular formula is C18H20O7. The van der Waals surface area contributed by atoms with Crippen LogP contribution in [0.5, 0.6) is 0 Å². The van der Waals surface area contributed by atoms with Crippen LogP contribution in [0.15, 0.2) is 15.3 Å². The van der Waals surface area contributed by atoms with E-state index in [1.807, 2.05) is 6.92 Å². The van der Waals surface area contributed by atoms with Gasteiger partial charge in [0.1, 0.15) is 29.5 Å². The third kappa shape index (κ3) is 1.58. The Morgan fingerprint density at radius 1 is 1.28 bits per heavy atom. The highest BCUT2D eigenvalue weighted by Gasteiger charge is 2.78. The molecule has 25 heavy (non-hydrogen) atoms. The SMILES string of the molecule is CC(O)c1oc(=O)cc2c1C[C@H]1OC(=O)[C@@]3(C)[C@H](O)[C@H]4O[C@H]4[C@@]2(C)[C@@H]13. The summed E-state index contributed by atoms with van der Waals surface area (Å²) in [6.45, 7) is 5.23. The lowest BCUT2D eigenvalue weighted by Gasteiger charge is -2.50. The summed E-state index contributed by atoms with van der Waals surface area (Å²) in [4.78, 5) is 24.8. The Morgan fingerprint density at radius 2 is 2.00 bits per heavy atom. The molecule has 1 saturated carbocycles. The van der Waals surface area contributed by atoms with E-state index in [4.69, 9.17) is 13.9 Å². The molecule has 7 nitrogen and oxygen atoms in total. The minimum atomic E-state index is -1.07. The van der Waals surface area contributed by atoms with Gasteiger partial charge in [-0.25, -0.2) is 4.79 Å². The predicted octanol–water partition coefficient (Wildman–Crippen LogP) is 0.197. The molecule has 2 aliphatic heterocycles. The van der Waals surface area contributed by atoms with E-state index in [1.54, 1.807) is 13.8 Å². The Kier molecular flexibility index (Phi) is 2.70. The number of esters is 1. The van der Waals surface area contributed by atoms with E-state index in [0.717, 1.165) is 5.56 Å². The van der Waals surface area contributed by atoms with Crippen LogP contribution >= 0.6 is 0 Å². The van der Waals surface area contributed by atoms with Crippen molar-refractivity contribution in [1.82, 2.24) is 0 Å². The standard InChI is InChI=1S/C18H20O7/c1-6(19)11-7-4-9-13-17(2,8(7)5-10(20)24-11)15-12(25-15)14(21)18(13,3)16(22)23-9/h5-6,9,12-15,19,21H,4H2,1-3H3/t6?,9-,12-,13-,14-,15-,17-,18-/m1/s1. The normalized spacial score (nSPS) is 47.4. The van der Waals surface area contributed by atoms with Crippen LogP contribution < -0.4 is 5.63 Å². The monoisotopic (exact) mass is 348 g/mol. The van der Waals surface area contributed by atoms with Crippen molar-refractivity contribution in [2.45, 2.75) is 63.1 Å². The number of carbonyl (C=O) groups is 1. The van der Waals surface area contributed by atoms with Crippen molar-refractivity contribution in [3.8, 4) is 0 Å². The van der Waals surface area contributed by atoms with Gasteiger partial charge in [0, 0.05) is 29.4 Å². The largest absolute Gasteiger partial charge is 0.461 e. The second-order valence-corrected chi connectivity index (χ2v) is 8.15. The minimum Gasteiger partial charge on any atom is -0.461 e. The van der Waals surface area contributed by atoms with Gasteiger partial charge in [-0.1, -0.05) is 6.92 Å². The van der Waals surface area contributed by atoms with Crippen LogP contribution in [0.2, 0.25) is 0 Å². The third-order valence-electron chi connectivity index (χ3n) is 6.86. The van der Waals surface area contributed by atoms with Crippen molar-refractivity contribution in [1.29, 1.82) is 0 Å². The smallest absolute Gasteiger partial charge is 0.336 e. The second kappa shape index (κ2) is 4.34. The topological polar surface area (TPSA) is 110 Å². The lowest BCUT2D eigenvalue weighted by atomic mass is 9.49. The van der Waals surface area contributed by atoms with E-state index in [2.05, 4.69) is 0 Å². The number of rotatable bonds is 1. The highest BCUT2D eigenvalue weighted by Crippen LogP contribution is 2.66. The zero-order valence-electron chi connectivity index (χ0n) is 14.2. The first-order chi connectivity index (χ1) is 11.7. The average Bonchev–Trinajstić information content (AvgIpc) is 3.29. The number of aliphatic hydroxyl groups excluding tert-OH is 2. The van der Waals surface area contributed by atoms with Gasteiger partial charge >= 0.3 is 11.6 Å². The van der Waals surface area contributed by atoms with E-state index in [1.165, 1.54) is 6.07 Å². The molecule has 5 rings (SSSR count). The number of carbonyl (C=O) groups excluding carboxylic acids is 1. The van der Waals surface area contributed by atoms with Crippen LogP contribution in [0.25, 0.3) is 0 Å². The maximum absolute atomic E-state index is 12.7. The lowest BCUT2D eigenvalue weighted by Crippen LogP contribution is -2.62. The van der Waals surface area contributed by atoms with E-state index in [9.17, 15) is 19.8 Å². The maximum Gasteiger partial charge on any atom is 0.336 e. The van der Waals surface area contributed by atoms with Crippen molar-refractivity contribution in [3.05, 3.63) is 33.4 Å². The number of fused-ring (bicyclic) bond motifs is 4. The first-order valence-corrected chi connectivity index (χ1v) is 8.60. The van der Waals surface area contributed by atoms with Gasteiger partial charge in [-0.3, -0.25) is 4.79 Å². The molecule has 2 saturated heterocycles. The second-order valence-electron chi connectivity index (χ2n) is 8.15. The van der Waals surface area contributed by atoms with Crippen LogP contribution in [0, 0.1) is 11.3 Å². The predicted molar refractivity (Wildman–Crippen MR) is 82.8 cm³/mol. The van der Waals surface area contributed by atoms with Crippen LogP contribution in [-0.4, -0.2) is 40.6 Å². The van der Waals surface area contributed by atoms with Crippen LogP contribution in [-0.2, 0) is 26.1 Å². The fourth-order valence-corrected chi connectivity index (χ4v) is 5.77. The molecule has 3 fully saturated rings. The van der Waals surface area contributed by atoms with Crippen molar-refractivity contribution in [2.24, 2.45) is 11.3 Å². The van der Waals surface area contributed by atoms with E-state index < -0.39 is 46.8 Å². The Bertz CT molecular complexity index is 857. The molecule has 1 aromatic rings. The summed E-state index contributed by atoms with van der Waals surface area (Å²) < 4.78 is 16.7. The Hall–Kier alpha value is -1.70. The van der Waals surface area contributed by atoms with E-state index in [-0.39, 0.29) is 17.8 Å². The summed E-state index contributed by atoms with van der Waals surface area (Å²) in [5.41, 5.74) is -0.825. The summed E-state index contributed by atoms with van der Waals surface area (Å²) in [5, 5.41) is 20.8. The molecule has 0 aromatic carbocycles. The van der Waals surface area contributed by atoms with Gasteiger partial charge in [0.2, 0.25) is 0 Å². The molecule has 134 valence electrons. The molecular weight excluding hydrogens is 328 g/mol. The summed E-state index contributed by atoms with van der Waals surface area (Å²) in [7, 11) is 0. The van der Waals surface area contributed by atoms with Gasteiger partial charge in [0.15, 0.2) is 0 Å². The molecule has 0 spiro atoms. The summed E-state index contributed by atoms with van der Waals surface area (Å²) in [5.74, 6) is -0.515. The molecule has 2 aliphatic carbocycles. The molecule has 8 atom stereocenters. The van der Waals surface area contributed by atoms with Crippen LogP contribution in [0.1, 0.15) is 43.8 Å². The molecule has 0 radical (unpaired) electrons. The fourth-order valence-electron chi connectivity index (χ4n) is 5.77. The van der Waals surface area contributed by atoms with E-state index >= 15 is 0 Å². The van der Waals surface area contributed by atoms with Gasteiger partial charge in [-0.2, -0.15) is 0 Å². The molecule has 3 heterocycles. The molecule has 0 amide bonds. The number of hydrogen-bond donors (Lipinski definition) is 2. The first-order valence-electron chi connectivity index (χ1n) is 8.60. The Morgan fingerprint density at radius 3 is 2.68 bits per heavy atom. The van der Waals surface area contributed by atoms with Crippen LogP contribution in [0.3, 0.4) is 0 Å². The van der Waals surface area contributed by atoms with Gasteiger partial charge in [0.25, 0.3) is 0 Å². The molecule has 2 N–H and O–H groups in total. The van der Waals surface area contributed by atoms with Crippen LogP contribution in [0.4, 0.5) is 0 Å². The zero-order chi connectivity index (χ0) is 17.9. The highest BCUT2D eigenvalue weighted by molar-refractivity contribution is 5.82. The quantitative estimate of drug-likeness (QED) is 0.551. The zero-order valence-corrected chi connectivity index (χ0v) is 14.2. The molecule has 1 unspecified atom stereocenters. The molecule has 0 bridgehead atoms. The van der Waals surface area contributed by atoms with Crippen molar-refractivity contribution in [2.75, 3.05) is 0 Å². The van der Waals surface area contributed by atoms with Gasteiger partial charge < -0.3 is 24.1 Å². The first kappa shape index (κ1) is 15.5. The number of epoxide rings is 1. The fraction of sp³-hybridized carbons (Fsp3) is 0.667. The lowest BCUT2D eigenvalue weighted by molar-refractivity contribution is -0.154. The molecule has 1 aromatic heterocycles. The van der Waals surface area contributed by atoms with Crippen molar-refractivity contribution >= 4 is 5.97 Å². The average molecular weight is 348 g/mol. The Balaban J connectivity index is 1.81. The van der Waals surface area contributed by atoms with Gasteiger partial charge in [0.05, 0.1) is 12.2 Å². The minimum absolute atomic E-state index is 0.218. The number of ether oxygens (including phenoxy) is 2. The summed E-state index contributed by atoms with van der Waals surface area (Å²) >= 11 is 0. The van der Waals surface area contributed by atoms with Crippen molar-refractivity contribution in [3.63, 3.8) is 0 Å². The van der Waals surface area contributed by atoms with Gasteiger partial charge in [-0.05, 0) is 19.4 Å². The number of hydrogen-bond acceptors (Lipinski definition) is 7. The highest BCUT2D eigenvalue weighted by atomic mass is 16.6. The molecule has 7 heteroatoms. The summed E-state index contributed by atoms with van der Waals surface area (Å²) in [6.07, 6.45) is -2.71. The Labute approximate surface area is 143 Å². The number of aliphatic hydroxyl groups is 2.